The van der Waals surface area contributed by atoms with Gasteiger partial charge in [0.25, 0.3) is 0 Å². The molecular weight excluding hydrogens is 304 g/mol. The first kappa shape index (κ1) is 18.3. The number of amides is 1. The molecule has 1 fully saturated rings. The van der Waals surface area contributed by atoms with Crippen LogP contribution < -0.4 is 9.47 Å². The second-order valence-corrected chi connectivity index (χ2v) is 5.95. The second kappa shape index (κ2) is 9.33. The Balaban J connectivity index is 2.02. The van der Waals surface area contributed by atoms with Crippen LogP contribution in [-0.2, 0) is 4.79 Å². The minimum absolute atomic E-state index is 0.0624. The van der Waals surface area contributed by atoms with Crippen molar-refractivity contribution in [3.8, 4) is 11.5 Å². The molecule has 0 aliphatic carbocycles. The zero-order chi connectivity index (χ0) is 17.4. The van der Waals surface area contributed by atoms with E-state index in [1.54, 1.807) is 6.08 Å². The first-order valence-electron chi connectivity index (χ1n) is 8.69. The monoisotopic (exact) mass is 332 g/mol. The van der Waals surface area contributed by atoms with E-state index in [-0.39, 0.29) is 5.91 Å². The SMILES string of the molecule is CCCOc1ccc(C=CC(=O)N2CCN(C)CC2)cc1OCC. The molecule has 5 heteroatoms. The van der Waals surface area contributed by atoms with Gasteiger partial charge in [0.2, 0.25) is 5.91 Å². The molecule has 2 rings (SSSR count). The van der Waals surface area contributed by atoms with Gasteiger partial charge in [-0.05, 0) is 44.2 Å². The highest BCUT2D eigenvalue weighted by molar-refractivity contribution is 5.92. The summed E-state index contributed by atoms with van der Waals surface area (Å²) in [5, 5.41) is 0. The van der Waals surface area contributed by atoms with Gasteiger partial charge in [-0.15, -0.1) is 0 Å². The van der Waals surface area contributed by atoms with E-state index in [1.807, 2.05) is 36.1 Å². The predicted octanol–water partition coefficient (Wildman–Crippen LogP) is 2.66. The van der Waals surface area contributed by atoms with Crippen LogP contribution >= 0.6 is 0 Å². The molecule has 0 aromatic heterocycles. The van der Waals surface area contributed by atoms with Crippen LogP contribution in [0.1, 0.15) is 25.8 Å². The summed E-state index contributed by atoms with van der Waals surface area (Å²) in [6, 6.07) is 5.77. The Morgan fingerprint density at radius 2 is 1.88 bits per heavy atom. The molecule has 0 bridgehead atoms. The van der Waals surface area contributed by atoms with Crippen LogP contribution in [0.5, 0.6) is 11.5 Å². The fourth-order valence-electron chi connectivity index (χ4n) is 2.53. The molecular formula is C19H28N2O3. The maximum atomic E-state index is 12.3. The normalized spacial score (nSPS) is 15.7. The number of hydrogen-bond acceptors (Lipinski definition) is 4. The van der Waals surface area contributed by atoms with Gasteiger partial charge in [-0.25, -0.2) is 0 Å². The van der Waals surface area contributed by atoms with Crippen LogP contribution in [0.4, 0.5) is 0 Å². The Bertz CT molecular complexity index is 564. The molecule has 1 aromatic carbocycles. The van der Waals surface area contributed by atoms with Gasteiger partial charge >= 0.3 is 0 Å². The second-order valence-electron chi connectivity index (χ2n) is 5.95. The van der Waals surface area contributed by atoms with Crippen molar-refractivity contribution in [1.29, 1.82) is 0 Å². The average Bonchev–Trinajstić information content (AvgIpc) is 2.59. The van der Waals surface area contributed by atoms with Gasteiger partial charge in [0.05, 0.1) is 13.2 Å². The summed E-state index contributed by atoms with van der Waals surface area (Å²) in [7, 11) is 2.08. The summed E-state index contributed by atoms with van der Waals surface area (Å²) in [5.41, 5.74) is 0.935. The van der Waals surface area contributed by atoms with Gasteiger partial charge in [0.15, 0.2) is 11.5 Å². The van der Waals surface area contributed by atoms with Crippen molar-refractivity contribution >= 4 is 12.0 Å². The van der Waals surface area contributed by atoms with Crippen molar-refractivity contribution < 1.29 is 14.3 Å². The molecule has 1 aromatic rings. The molecule has 1 saturated heterocycles. The molecule has 1 amide bonds. The lowest BCUT2D eigenvalue weighted by molar-refractivity contribution is -0.127. The molecule has 24 heavy (non-hydrogen) atoms. The van der Waals surface area contributed by atoms with Gasteiger partial charge in [-0.2, -0.15) is 0 Å². The maximum Gasteiger partial charge on any atom is 0.246 e. The predicted molar refractivity (Wildman–Crippen MR) is 96.5 cm³/mol. The number of carbonyl (C=O) groups is 1. The Labute approximate surface area is 144 Å². The number of likely N-dealkylation sites (N-methyl/N-ethyl adjacent to an activating group) is 1. The van der Waals surface area contributed by atoms with E-state index in [0.717, 1.165) is 49.7 Å². The fraction of sp³-hybridized carbons (Fsp3) is 0.526. The van der Waals surface area contributed by atoms with Crippen LogP contribution in [0, 0.1) is 0 Å². The largest absolute Gasteiger partial charge is 0.490 e. The smallest absolute Gasteiger partial charge is 0.246 e. The molecule has 0 spiro atoms. The minimum atomic E-state index is 0.0624. The zero-order valence-corrected chi connectivity index (χ0v) is 15.0. The first-order chi connectivity index (χ1) is 11.6. The first-order valence-corrected chi connectivity index (χ1v) is 8.69. The minimum Gasteiger partial charge on any atom is -0.490 e. The van der Waals surface area contributed by atoms with Gasteiger partial charge < -0.3 is 19.3 Å². The Hall–Kier alpha value is -2.01. The van der Waals surface area contributed by atoms with E-state index in [1.165, 1.54) is 0 Å². The summed E-state index contributed by atoms with van der Waals surface area (Å²) >= 11 is 0. The van der Waals surface area contributed by atoms with Crippen molar-refractivity contribution in [1.82, 2.24) is 9.80 Å². The van der Waals surface area contributed by atoms with Crippen LogP contribution in [0.25, 0.3) is 6.08 Å². The summed E-state index contributed by atoms with van der Waals surface area (Å²) in [6.45, 7) is 8.69. The number of ether oxygens (including phenoxy) is 2. The number of nitrogens with zero attached hydrogens (tertiary/aromatic N) is 2. The third-order valence-electron chi connectivity index (χ3n) is 3.96. The van der Waals surface area contributed by atoms with Crippen molar-refractivity contribution in [2.45, 2.75) is 20.3 Å². The van der Waals surface area contributed by atoms with Gasteiger partial charge in [-0.1, -0.05) is 13.0 Å². The van der Waals surface area contributed by atoms with Crippen LogP contribution in [0.15, 0.2) is 24.3 Å². The van der Waals surface area contributed by atoms with Crippen LogP contribution in [0.2, 0.25) is 0 Å². The highest BCUT2D eigenvalue weighted by atomic mass is 16.5. The number of hydrogen-bond donors (Lipinski definition) is 0. The zero-order valence-electron chi connectivity index (χ0n) is 15.0. The number of piperazine rings is 1. The van der Waals surface area contributed by atoms with Crippen LogP contribution in [-0.4, -0.2) is 62.1 Å². The van der Waals surface area contributed by atoms with E-state index >= 15 is 0 Å². The summed E-state index contributed by atoms with van der Waals surface area (Å²) < 4.78 is 11.3. The van der Waals surface area contributed by atoms with Crippen molar-refractivity contribution in [2.75, 3.05) is 46.4 Å². The van der Waals surface area contributed by atoms with E-state index in [9.17, 15) is 4.79 Å². The van der Waals surface area contributed by atoms with E-state index in [2.05, 4.69) is 18.9 Å². The van der Waals surface area contributed by atoms with E-state index < -0.39 is 0 Å². The van der Waals surface area contributed by atoms with Crippen molar-refractivity contribution in [3.05, 3.63) is 29.8 Å². The number of carbonyl (C=O) groups excluding carboxylic acids is 1. The van der Waals surface area contributed by atoms with Gasteiger partial charge in [-0.3, -0.25) is 4.79 Å². The molecule has 1 heterocycles. The summed E-state index contributed by atoms with van der Waals surface area (Å²) in [4.78, 5) is 16.4. The molecule has 0 N–H and O–H groups in total. The topological polar surface area (TPSA) is 42.0 Å². The molecule has 0 saturated carbocycles. The molecule has 5 nitrogen and oxygen atoms in total. The maximum absolute atomic E-state index is 12.3. The Morgan fingerprint density at radius 3 is 2.54 bits per heavy atom. The molecule has 1 aliphatic rings. The summed E-state index contributed by atoms with van der Waals surface area (Å²) in [6.07, 6.45) is 4.43. The highest BCUT2D eigenvalue weighted by Gasteiger charge is 2.16. The molecule has 132 valence electrons. The third kappa shape index (κ3) is 5.27. The third-order valence-corrected chi connectivity index (χ3v) is 3.96. The molecule has 0 unspecified atom stereocenters. The average molecular weight is 332 g/mol. The lowest BCUT2D eigenvalue weighted by atomic mass is 10.2. The molecule has 0 atom stereocenters. The fourth-order valence-corrected chi connectivity index (χ4v) is 2.53. The number of benzene rings is 1. The van der Waals surface area contributed by atoms with Crippen molar-refractivity contribution in [3.63, 3.8) is 0 Å². The number of rotatable bonds is 7. The lowest BCUT2D eigenvalue weighted by Gasteiger charge is -2.31. The quantitative estimate of drug-likeness (QED) is 0.720. The lowest BCUT2D eigenvalue weighted by Crippen LogP contribution is -2.46. The van der Waals surface area contributed by atoms with E-state index in [4.69, 9.17) is 9.47 Å². The summed E-state index contributed by atoms with van der Waals surface area (Å²) in [5.74, 6) is 1.54. The highest BCUT2D eigenvalue weighted by Crippen LogP contribution is 2.29. The Kier molecular flexibility index (Phi) is 7.12. The van der Waals surface area contributed by atoms with Gasteiger partial charge in [0, 0.05) is 32.3 Å². The van der Waals surface area contributed by atoms with Crippen molar-refractivity contribution in [2.24, 2.45) is 0 Å². The van der Waals surface area contributed by atoms with Crippen LogP contribution in [0.3, 0.4) is 0 Å². The molecule has 1 aliphatic heterocycles. The standard InChI is InChI=1S/C19H28N2O3/c1-4-14-24-17-8-6-16(15-18(17)23-5-2)7-9-19(22)21-12-10-20(3)11-13-21/h6-9,15H,4-5,10-14H2,1-3H3. The van der Waals surface area contributed by atoms with E-state index in [0.29, 0.717) is 13.2 Å². The Morgan fingerprint density at radius 1 is 1.12 bits per heavy atom. The van der Waals surface area contributed by atoms with Gasteiger partial charge in [0.1, 0.15) is 0 Å². The molecule has 0 radical (unpaired) electrons.